The lowest BCUT2D eigenvalue weighted by molar-refractivity contribution is 0.633. The van der Waals surface area contributed by atoms with Crippen LogP contribution in [0.2, 0.25) is 0 Å². The molecule has 1 heteroatoms. The maximum absolute atomic E-state index is 2.34. The minimum absolute atomic E-state index is 0.750. The van der Waals surface area contributed by atoms with Crippen LogP contribution in [-0.2, 0) is 0 Å². The molecule has 1 aliphatic heterocycles. The van der Waals surface area contributed by atoms with E-state index in [0.29, 0.717) is 0 Å². The van der Waals surface area contributed by atoms with E-state index in [-0.39, 0.29) is 0 Å². The van der Waals surface area contributed by atoms with Crippen LogP contribution in [-0.4, -0.2) is 11.3 Å². The van der Waals surface area contributed by atoms with Gasteiger partial charge in [-0.2, -0.15) is 0 Å². The van der Waals surface area contributed by atoms with Gasteiger partial charge < -0.3 is 0 Å². The van der Waals surface area contributed by atoms with Crippen LogP contribution in [0.4, 0.5) is 0 Å². The maximum atomic E-state index is 2.34. The second-order valence-electron chi connectivity index (χ2n) is 2.56. The first-order valence-electron chi connectivity index (χ1n) is 2.46. The van der Waals surface area contributed by atoms with Crippen LogP contribution < -0.4 is 0 Å². The van der Waals surface area contributed by atoms with Crippen molar-refractivity contribution in [3.63, 3.8) is 0 Å². The summed E-state index contributed by atoms with van der Waals surface area (Å²) in [6.45, 7) is 4.68. The Kier molecular flexibility index (Phi) is 0.916. The second kappa shape index (κ2) is 1.20. The van der Waals surface area contributed by atoms with Crippen molar-refractivity contribution in [2.75, 3.05) is 6.16 Å². The average molecular weight is 102 g/mol. The minimum Gasteiger partial charge on any atom is -0.116 e. The van der Waals surface area contributed by atoms with Gasteiger partial charge in [0, 0.05) is 0 Å². The normalized spacial score (nSPS) is 33.0. The monoisotopic (exact) mass is 102 g/mol. The van der Waals surface area contributed by atoms with Gasteiger partial charge >= 0.3 is 0 Å². The number of hydrogen-bond acceptors (Lipinski definition) is 0. The third-order valence-electron chi connectivity index (χ3n) is 1.35. The standard InChI is InChI=1S/C5H11P/c1-5(2)3-4-6-5/h6H,3-4H2,1-2H3. The first-order chi connectivity index (χ1) is 2.71. The SMILES string of the molecule is CC1(C)CCP1. The zero-order chi connectivity index (χ0) is 4.62. The largest absolute Gasteiger partial charge is 0.116 e. The summed E-state index contributed by atoms with van der Waals surface area (Å²) < 4.78 is 0. The van der Waals surface area contributed by atoms with Crippen LogP contribution in [0.3, 0.4) is 0 Å². The highest BCUT2D eigenvalue weighted by molar-refractivity contribution is 7.41. The van der Waals surface area contributed by atoms with Crippen LogP contribution in [0.1, 0.15) is 20.3 Å². The Labute approximate surface area is 41.1 Å². The zero-order valence-corrected chi connectivity index (χ0v) is 5.41. The fraction of sp³-hybridized carbons (Fsp3) is 1.00. The lowest BCUT2D eigenvalue weighted by Crippen LogP contribution is -2.23. The highest BCUT2D eigenvalue weighted by atomic mass is 31.1. The van der Waals surface area contributed by atoms with Crippen molar-refractivity contribution in [3.8, 4) is 0 Å². The molecule has 1 heterocycles. The molecule has 0 amide bonds. The van der Waals surface area contributed by atoms with Gasteiger partial charge in [0.1, 0.15) is 0 Å². The summed E-state index contributed by atoms with van der Waals surface area (Å²) in [5.74, 6) is 0. The van der Waals surface area contributed by atoms with Crippen LogP contribution >= 0.6 is 8.58 Å². The van der Waals surface area contributed by atoms with Gasteiger partial charge in [0.15, 0.2) is 0 Å². The summed E-state index contributed by atoms with van der Waals surface area (Å²) in [5, 5.41) is 0.750. The van der Waals surface area contributed by atoms with E-state index in [9.17, 15) is 0 Å². The van der Waals surface area contributed by atoms with Gasteiger partial charge in [-0.05, 0) is 17.7 Å². The van der Waals surface area contributed by atoms with Crippen molar-refractivity contribution in [3.05, 3.63) is 0 Å². The first kappa shape index (κ1) is 4.59. The molecule has 1 fully saturated rings. The fourth-order valence-electron chi connectivity index (χ4n) is 0.625. The lowest BCUT2D eigenvalue weighted by Gasteiger charge is -2.33. The Bertz CT molecular complexity index is 51.0. The van der Waals surface area contributed by atoms with Crippen molar-refractivity contribution < 1.29 is 0 Å². The molecule has 0 aromatic rings. The molecule has 1 saturated heterocycles. The molecule has 6 heavy (non-hydrogen) atoms. The molecule has 0 nitrogen and oxygen atoms in total. The van der Waals surface area contributed by atoms with Crippen molar-refractivity contribution in [2.45, 2.75) is 25.4 Å². The number of rotatable bonds is 0. The van der Waals surface area contributed by atoms with Crippen LogP contribution in [0.25, 0.3) is 0 Å². The Balaban J connectivity index is 2.31. The summed E-state index contributed by atoms with van der Waals surface area (Å²) in [5.41, 5.74) is 0. The van der Waals surface area contributed by atoms with E-state index in [1.165, 1.54) is 21.2 Å². The fourth-order valence-corrected chi connectivity index (χ4v) is 1.87. The highest BCUT2D eigenvalue weighted by Crippen LogP contribution is 2.45. The molecule has 1 rings (SSSR count). The van der Waals surface area contributed by atoms with Gasteiger partial charge in [0.2, 0.25) is 0 Å². The molecular weight excluding hydrogens is 91.0 g/mol. The first-order valence-corrected chi connectivity index (χ1v) is 3.66. The van der Waals surface area contributed by atoms with Crippen molar-refractivity contribution in [2.24, 2.45) is 0 Å². The number of hydrogen-bond donors (Lipinski definition) is 0. The summed E-state index contributed by atoms with van der Waals surface area (Å²) in [6, 6.07) is 0. The molecule has 0 N–H and O–H groups in total. The van der Waals surface area contributed by atoms with Crippen LogP contribution in [0.5, 0.6) is 0 Å². The van der Waals surface area contributed by atoms with Crippen molar-refractivity contribution in [1.82, 2.24) is 0 Å². The predicted molar refractivity (Wildman–Crippen MR) is 31.9 cm³/mol. The highest BCUT2D eigenvalue weighted by Gasteiger charge is 2.24. The molecular formula is C5H11P. The van der Waals surface area contributed by atoms with Gasteiger partial charge in [0.25, 0.3) is 0 Å². The molecule has 0 aromatic carbocycles. The molecule has 0 aromatic heterocycles. The van der Waals surface area contributed by atoms with E-state index in [4.69, 9.17) is 0 Å². The molecule has 1 aliphatic rings. The van der Waals surface area contributed by atoms with Gasteiger partial charge in [-0.1, -0.05) is 13.8 Å². The van der Waals surface area contributed by atoms with Crippen molar-refractivity contribution >= 4 is 8.58 Å². The lowest BCUT2D eigenvalue weighted by atomic mass is 10.1. The smallest absolute Gasteiger partial charge is 0.0175 e. The third-order valence-corrected chi connectivity index (χ3v) is 3.06. The van der Waals surface area contributed by atoms with E-state index in [1.54, 1.807) is 0 Å². The molecule has 1 atom stereocenters. The topological polar surface area (TPSA) is 0 Å². The third kappa shape index (κ3) is 0.733. The van der Waals surface area contributed by atoms with Crippen molar-refractivity contribution in [1.29, 1.82) is 0 Å². The van der Waals surface area contributed by atoms with E-state index >= 15 is 0 Å². The van der Waals surface area contributed by atoms with Crippen LogP contribution in [0.15, 0.2) is 0 Å². The second-order valence-corrected chi connectivity index (χ2v) is 4.77. The zero-order valence-electron chi connectivity index (χ0n) is 4.41. The maximum Gasteiger partial charge on any atom is -0.0175 e. The molecule has 0 aliphatic carbocycles. The summed E-state index contributed by atoms with van der Waals surface area (Å²) in [4.78, 5) is 0. The quantitative estimate of drug-likeness (QED) is 0.409. The Morgan fingerprint density at radius 2 is 1.83 bits per heavy atom. The van der Waals surface area contributed by atoms with E-state index in [2.05, 4.69) is 13.8 Å². The molecule has 0 spiro atoms. The predicted octanol–water partition coefficient (Wildman–Crippen LogP) is 1.85. The Morgan fingerprint density at radius 1 is 1.50 bits per heavy atom. The average Bonchev–Trinajstić information content (AvgIpc) is 1.32. The van der Waals surface area contributed by atoms with E-state index in [0.717, 1.165) is 5.16 Å². The summed E-state index contributed by atoms with van der Waals surface area (Å²) in [7, 11) is 1.25. The summed E-state index contributed by atoms with van der Waals surface area (Å²) in [6.07, 6.45) is 2.96. The minimum atomic E-state index is 0.750. The molecule has 1 unspecified atom stereocenters. The van der Waals surface area contributed by atoms with Gasteiger partial charge in [-0.3, -0.25) is 0 Å². The van der Waals surface area contributed by atoms with Gasteiger partial charge in [-0.25, -0.2) is 0 Å². The summed E-state index contributed by atoms with van der Waals surface area (Å²) >= 11 is 0. The Hall–Kier alpha value is 0.430. The van der Waals surface area contributed by atoms with E-state index < -0.39 is 0 Å². The van der Waals surface area contributed by atoms with Gasteiger partial charge in [0.05, 0.1) is 0 Å². The van der Waals surface area contributed by atoms with E-state index in [1.807, 2.05) is 0 Å². The molecule has 0 bridgehead atoms. The molecule has 36 valence electrons. The Morgan fingerprint density at radius 3 is 1.83 bits per heavy atom. The molecule has 0 radical (unpaired) electrons. The van der Waals surface area contributed by atoms with Crippen LogP contribution in [0, 0.1) is 0 Å². The van der Waals surface area contributed by atoms with Gasteiger partial charge in [-0.15, -0.1) is 8.58 Å². The molecule has 0 saturated carbocycles.